The Morgan fingerprint density at radius 1 is 1.10 bits per heavy atom. The van der Waals surface area contributed by atoms with E-state index in [1.807, 2.05) is 32.9 Å². The standard InChI is InChI=1S/C22H23Cl2N3O2/c1-13(2)12-27(21(28)15-9-10-17(23)18(24)11-15)14(3)20-25-19-8-6-5-7-16(19)22(29)26(20)4/h5-11,13-14H,12H2,1-4H3. The highest BCUT2D eigenvalue weighted by molar-refractivity contribution is 6.42. The third kappa shape index (κ3) is 4.31. The van der Waals surface area contributed by atoms with Crippen LogP contribution in [0.2, 0.25) is 10.0 Å². The van der Waals surface area contributed by atoms with Crippen molar-refractivity contribution >= 4 is 40.0 Å². The number of carbonyl (C=O) groups is 1. The fourth-order valence-corrected chi connectivity index (χ4v) is 3.65. The van der Waals surface area contributed by atoms with Gasteiger partial charge in [0, 0.05) is 19.2 Å². The lowest BCUT2D eigenvalue weighted by Gasteiger charge is -2.31. The first-order valence-electron chi connectivity index (χ1n) is 9.42. The number of nitrogens with zero attached hydrogens (tertiary/aromatic N) is 3. The number of hydrogen-bond acceptors (Lipinski definition) is 3. The summed E-state index contributed by atoms with van der Waals surface area (Å²) in [6.45, 7) is 6.46. The van der Waals surface area contributed by atoms with Gasteiger partial charge in [0.05, 0.1) is 27.0 Å². The number of fused-ring (bicyclic) bond motifs is 1. The predicted octanol–water partition coefficient (Wildman–Crippen LogP) is 5.10. The van der Waals surface area contributed by atoms with Gasteiger partial charge < -0.3 is 4.90 Å². The lowest BCUT2D eigenvalue weighted by molar-refractivity contribution is 0.0654. The summed E-state index contributed by atoms with van der Waals surface area (Å²) in [6.07, 6.45) is 0. The van der Waals surface area contributed by atoms with Crippen molar-refractivity contribution < 1.29 is 4.79 Å². The van der Waals surface area contributed by atoms with E-state index in [2.05, 4.69) is 0 Å². The fourth-order valence-electron chi connectivity index (χ4n) is 3.35. The Morgan fingerprint density at radius 2 is 1.79 bits per heavy atom. The number of carbonyl (C=O) groups excluding carboxylic acids is 1. The normalized spacial score (nSPS) is 12.4. The molecule has 152 valence electrons. The zero-order valence-electron chi connectivity index (χ0n) is 16.8. The summed E-state index contributed by atoms with van der Waals surface area (Å²) < 4.78 is 1.52. The van der Waals surface area contributed by atoms with Gasteiger partial charge in [-0.15, -0.1) is 0 Å². The van der Waals surface area contributed by atoms with E-state index in [9.17, 15) is 9.59 Å². The summed E-state index contributed by atoms with van der Waals surface area (Å²) in [4.78, 5) is 32.6. The molecule has 2 aromatic carbocycles. The monoisotopic (exact) mass is 431 g/mol. The van der Waals surface area contributed by atoms with E-state index in [4.69, 9.17) is 28.2 Å². The molecular formula is C22H23Cl2N3O2. The average molecular weight is 432 g/mol. The minimum atomic E-state index is -0.415. The molecule has 7 heteroatoms. The van der Waals surface area contributed by atoms with Crippen molar-refractivity contribution in [1.82, 2.24) is 14.5 Å². The molecule has 0 aliphatic carbocycles. The topological polar surface area (TPSA) is 55.2 Å². The maximum Gasteiger partial charge on any atom is 0.261 e. The number of aromatic nitrogens is 2. The summed E-state index contributed by atoms with van der Waals surface area (Å²) in [5.41, 5.74) is 0.922. The van der Waals surface area contributed by atoms with Crippen LogP contribution in [0.25, 0.3) is 10.9 Å². The second-order valence-electron chi connectivity index (χ2n) is 7.51. The van der Waals surface area contributed by atoms with E-state index >= 15 is 0 Å². The van der Waals surface area contributed by atoms with E-state index < -0.39 is 6.04 Å². The molecule has 0 aliphatic heterocycles. The van der Waals surface area contributed by atoms with Crippen molar-refractivity contribution in [2.45, 2.75) is 26.8 Å². The molecule has 0 bridgehead atoms. The molecule has 1 atom stereocenters. The minimum Gasteiger partial charge on any atom is -0.328 e. The first kappa shape index (κ1) is 21.3. The summed E-state index contributed by atoms with van der Waals surface area (Å²) in [5.74, 6) is 0.566. The van der Waals surface area contributed by atoms with Gasteiger partial charge in [-0.2, -0.15) is 0 Å². The van der Waals surface area contributed by atoms with E-state index in [1.165, 1.54) is 4.57 Å². The van der Waals surface area contributed by atoms with Gasteiger partial charge in [-0.05, 0) is 43.2 Å². The van der Waals surface area contributed by atoms with E-state index in [1.54, 1.807) is 42.3 Å². The molecule has 5 nitrogen and oxygen atoms in total. The third-order valence-electron chi connectivity index (χ3n) is 4.85. The Kier molecular flexibility index (Phi) is 6.30. The lowest BCUT2D eigenvalue weighted by atomic mass is 10.1. The molecule has 0 aliphatic rings. The quantitative estimate of drug-likeness (QED) is 0.564. The molecule has 0 spiro atoms. The Bertz CT molecular complexity index is 1120. The molecule has 29 heavy (non-hydrogen) atoms. The number of para-hydroxylation sites is 1. The van der Waals surface area contributed by atoms with Crippen molar-refractivity contribution in [2.24, 2.45) is 13.0 Å². The maximum atomic E-state index is 13.3. The zero-order chi connectivity index (χ0) is 21.3. The highest BCUT2D eigenvalue weighted by atomic mass is 35.5. The summed E-state index contributed by atoms with van der Waals surface area (Å²) in [6, 6.07) is 11.6. The molecule has 1 aromatic heterocycles. The lowest BCUT2D eigenvalue weighted by Crippen LogP contribution is -2.39. The molecule has 3 aromatic rings. The van der Waals surface area contributed by atoms with Crippen LogP contribution >= 0.6 is 23.2 Å². The van der Waals surface area contributed by atoms with Crippen LogP contribution in [0.3, 0.4) is 0 Å². The van der Waals surface area contributed by atoms with Crippen LogP contribution in [0.1, 0.15) is 43.0 Å². The number of benzene rings is 2. The van der Waals surface area contributed by atoms with Gasteiger partial charge >= 0.3 is 0 Å². The SMILES string of the molecule is CC(C)CN(C(=O)c1ccc(Cl)c(Cl)c1)C(C)c1nc2ccccc2c(=O)n1C. The molecule has 0 radical (unpaired) electrons. The van der Waals surface area contributed by atoms with Gasteiger partial charge in [0.15, 0.2) is 0 Å². The Balaban J connectivity index is 2.08. The van der Waals surface area contributed by atoms with Crippen LogP contribution in [0, 0.1) is 5.92 Å². The molecule has 3 rings (SSSR count). The first-order chi connectivity index (χ1) is 13.7. The Labute approximate surface area is 179 Å². The van der Waals surface area contributed by atoms with Crippen LogP contribution < -0.4 is 5.56 Å². The van der Waals surface area contributed by atoms with Gasteiger partial charge in [0.2, 0.25) is 0 Å². The van der Waals surface area contributed by atoms with Gasteiger partial charge in [-0.3, -0.25) is 14.2 Å². The highest BCUT2D eigenvalue weighted by Crippen LogP contribution is 2.27. The van der Waals surface area contributed by atoms with Gasteiger partial charge in [0.25, 0.3) is 11.5 Å². The smallest absolute Gasteiger partial charge is 0.261 e. The molecule has 1 amide bonds. The summed E-state index contributed by atoms with van der Waals surface area (Å²) in [7, 11) is 1.69. The van der Waals surface area contributed by atoms with Gasteiger partial charge in [-0.25, -0.2) is 4.98 Å². The zero-order valence-corrected chi connectivity index (χ0v) is 18.3. The van der Waals surface area contributed by atoms with Crippen molar-refractivity contribution in [3.8, 4) is 0 Å². The average Bonchev–Trinajstić information content (AvgIpc) is 2.70. The summed E-state index contributed by atoms with van der Waals surface area (Å²) >= 11 is 12.1. The first-order valence-corrected chi connectivity index (χ1v) is 10.2. The van der Waals surface area contributed by atoms with E-state index in [-0.39, 0.29) is 17.4 Å². The Morgan fingerprint density at radius 3 is 2.45 bits per heavy atom. The number of rotatable bonds is 5. The number of amides is 1. The van der Waals surface area contributed by atoms with E-state index in [0.717, 1.165) is 0 Å². The molecule has 0 saturated heterocycles. The third-order valence-corrected chi connectivity index (χ3v) is 5.59. The summed E-state index contributed by atoms with van der Waals surface area (Å²) in [5, 5.41) is 1.27. The molecule has 1 heterocycles. The second-order valence-corrected chi connectivity index (χ2v) is 8.32. The second kappa shape index (κ2) is 8.56. The van der Waals surface area contributed by atoms with Crippen molar-refractivity contribution in [1.29, 1.82) is 0 Å². The molecular weight excluding hydrogens is 409 g/mol. The largest absolute Gasteiger partial charge is 0.328 e. The number of hydrogen-bond donors (Lipinski definition) is 0. The van der Waals surface area contributed by atoms with Crippen LogP contribution in [0.4, 0.5) is 0 Å². The maximum absolute atomic E-state index is 13.3. The Hall–Kier alpha value is -2.37. The van der Waals surface area contributed by atoms with Crippen LogP contribution in [-0.2, 0) is 7.05 Å². The van der Waals surface area contributed by atoms with Crippen molar-refractivity contribution in [3.63, 3.8) is 0 Å². The van der Waals surface area contributed by atoms with Crippen LogP contribution in [0.15, 0.2) is 47.3 Å². The van der Waals surface area contributed by atoms with Crippen LogP contribution in [0.5, 0.6) is 0 Å². The highest BCUT2D eigenvalue weighted by Gasteiger charge is 2.27. The molecule has 1 unspecified atom stereocenters. The van der Waals surface area contributed by atoms with Crippen molar-refractivity contribution in [3.05, 3.63) is 74.3 Å². The van der Waals surface area contributed by atoms with Gasteiger partial charge in [-0.1, -0.05) is 49.2 Å². The molecule has 0 fully saturated rings. The predicted molar refractivity (Wildman–Crippen MR) is 118 cm³/mol. The van der Waals surface area contributed by atoms with Crippen molar-refractivity contribution in [2.75, 3.05) is 6.54 Å². The van der Waals surface area contributed by atoms with Crippen LogP contribution in [-0.4, -0.2) is 26.9 Å². The van der Waals surface area contributed by atoms with E-state index in [0.29, 0.717) is 38.9 Å². The molecule has 0 N–H and O–H groups in total. The fraction of sp³-hybridized carbons (Fsp3) is 0.318. The number of halogens is 2. The minimum absolute atomic E-state index is 0.135. The molecule has 0 saturated carbocycles. The van der Waals surface area contributed by atoms with Gasteiger partial charge in [0.1, 0.15) is 5.82 Å².